The van der Waals surface area contributed by atoms with Crippen LogP contribution < -0.4 is 0 Å². The summed E-state index contributed by atoms with van der Waals surface area (Å²) in [6.07, 6.45) is 0.723. The third-order valence-corrected chi connectivity index (χ3v) is 3.79. The van der Waals surface area contributed by atoms with Crippen molar-refractivity contribution in [2.45, 2.75) is 19.4 Å². The number of aromatic amines is 1. The minimum Gasteiger partial charge on any atom is -0.454 e. The van der Waals surface area contributed by atoms with Crippen molar-refractivity contribution >= 4 is 22.7 Å². The van der Waals surface area contributed by atoms with E-state index in [-0.39, 0.29) is 18.0 Å². The zero-order chi connectivity index (χ0) is 17.1. The first-order valence-corrected chi connectivity index (χ1v) is 7.59. The standard InChI is InChI=1S/C19H16FNO3/c1-12(24-18(22)10-13-6-8-14(20)9-7-13)19(23)16-11-21-17-5-3-2-4-15(16)17/h2-9,11-12,21H,10H2,1H3/t12-/m0/s1. The molecule has 0 fully saturated rings. The van der Waals surface area contributed by atoms with Crippen molar-refractivity contribution in [1.82, 2.24) is 4.98 Å². The van der Waals surface area contributed by atoms with Crippen LogP contribution in [0.5, 0.6) is 0 Å². The number of benzene rings is 2. The van der Waals surface area contributed by atoms with Gasteiger partial charge in [0.15, 0.2) is 6.10 Å². The van der Waals surface area contributed by atoms with E-state index in [2.05, 4.69) is 4.98 Å². The Balaban J connectivity index is 1.67. The quantitative estimate of drug-likeness (QED) is 0.575. The molecule has 0 aliphatic heterocycles. The minimum absolute atomic E-state index is 0.00815. The van der Waals surface area contributed by atoms with Gasteiger partial charge >= 0.3 is 5.97 Å². The molecule has 0 spiro atoms. The van der Waals surface area contributed by atoms with E-state index in [9.17, 15) is 14.0 Å². The smallest absolute Gasteiger partial charge is 0.310 e. The predicted molar refractivity (Wildman–Crippen MR) is 88.3 cm³/mol. The Kier molecular flexibility index (Phi) is 4.42. The zero-order valence-electron chi connectivity index (χ0n) is 13.1. The summed E-state index contributed by atoms with van der Waals surface area (Å²) < 4.78 is 18.1. The van der Waals surface area contributed by atoms with E-state index in [4.69, 9.17) is 4.74 Å². The molecular weight excluding hydrogens is 309 g/mol. The Hall–Kier alpha value is -2.95. The zero-order valence-corrected chi connectivity index (χ0v) is 13.1. The molecule has 122 valence electrons. The number of halogens is 1. The monoisotopic (exact) mass is 325 g/mol. The molecule has 0 amide bonds. The topological polar surface area (TPSA) is 59.2 Å². The lowest BCUT2D eigenvalue weighted by Gasteiger charge is -2.12. The van der Waals surface area contributed by atoms with Crippen LogP contribution in [-0.4, -0.2) is 22.8 Å². The molecule has 5 heteroatoms. The highest BCUT2D eigenvalue weighted by Crippen LogP contribution is 2.20. The highest BCUT2D eigenvalue weighted by molar-refractivity contribution is 6.10. The summed E-state index contributed by atoms with van der Waals surface area (Å²) >= 11 is 0. The van der Waals surface area contributed by atoms with Crippen LogP contribution in [0.25, 0.3) is 10.9 Å². The van der Waals surface area contributed by atoms with Gasteiger partial charge in [-0.25, -0.2) is 4.39 Å². The van der Waals surface area contributed by atoms with Gasteiger partial charge in [0.2, 0.25) is 5.78 Å². The van der Waals surface area contributed by atoms with Gasteiger partial charge in [0.25, 0.3) is 0 Å². The molecule has 1 N–H and O–H groups in total. The van der Waals surface area contributed by atoms with Gasteiger partial charge in [0.05, 0.1) is 6.42 Å². The number of aromatic nitrogens is 1. The van der Waals surface area contributed by atoms with Crippen LogP contribution in [0.3, 0.4) is 0 Å². The third kappa shape index (κ3) is 3.35. The van der Waals surface area contributed by atoms with E-state index in [1.165, 1.54) is 24.3 Å². The van der Waals surface area contributed by atoms with E-state index in [0.29, 0.717) is 11.1 Å². The minimum atomic E-state index is -0.892. The van der Waals surface area contributed by atoms with Crippen molar-refractivity contribution in [2.24, 2.45) is 0 Å². The van der Waals surface area contributed by atoms with Crippen LogP contribution in [0.1, 0.15) is 22.8 Å². The maximum Gasteiger partial charge on any atom is 0.310 e. The van der Waals surface area contributed by atoms with Crippen LogP contribution >= 0.6 is 0 Å². The van der Waals surface area contributed by atoms with Gasteiger partial charge in [-0.2, -0.15) is 0 Å². The summed E-state index contributed by atoms with van der Waals surface area (Å²) in [6.45, 7) is 1.55. The number of ketones is 1. The average molecular weight is 325 g/mol. The van der Waals surface area contributed by atoms with Crippen molar-refractivity contribution in [3.05, 3.63) is 71.7 Å². The van der Waals surface area contributed by atoms with Gasteiger partial charge in [-0.15, -0.1) is 0 Å². The molecule has 1 atom stereocenters. The van der Waals surface area contributed by atoms with Gasteiger partial charge in [0.1, 0.15) is 5.82 Å². The summed E-state index contributed by atoms with van der Waals surface area (Å²) in [4.78, 5) is 27.5. The Bertz CT molecular complexity index is 883. The molecule has 0 radical (unpaired) electrons. The molecule has 3 rings (SSSR count). The van der Waals surface area contributed by atoms with Gasteiger partial charge in [-0.3, -0.25) is 9.59 Å². The maximum atomic E-state index is 12.9. The van der Waals surface area contributed by atoms with Gasteiger partial charge < -0.3 is 9.72 Å². The predicted octanol–water partition coefficient (Wildman–Crippen LogP) is 3.66. The van der Waals surface area contributed by atoms with Crippen LogP contribution in [0, 0.1) is 5.82 Å². The van der Waals surface area contributed by atoms with Crippen molar-refractivity contribution in [3.8, 4) is 0 Å². The van der Waals surface area contributed by atoms with Crippen LogP contribution in [-0.2, 0) is 16.0 Å². The van der Waals surface area contributed by atoms with Gasteiger partial charge in [-0.05, 0) is 30.7 Å². The fraction of sp³-hybridized carbons (Fsp3) is 0.158. The second-order valence-electron chi connectivity index (χ2n) is 5.55. The third-order valence-electron chi connectivity index (χ3n) is 3.79. The summed E-state index contributed by atoms with van der Waals surface area (Å²) in [5.41, 5.74) is 1.98. The molecule has 0 unspecified atom stereocenters. The molecule has 1 aromatic heterocycles. The molecule has 2 aromatic carbocycles. The van der Waals surface area contributed by atoms with Crippen molar-refractivity contribution in [2.75, 3.05) is 0 Å². The number of rotatable bonds is 5. The molecule has 0 aliphatic rings. The Labute approximate surface area is 138 Å². The number of hydrogen-bond acceptors (Lipinski definition) is 3. The molecule has 0 aliphatic carbocycles. The number of Topliss-reactive ketones (excluding diaryl/α,β-unsaturated/α-hetero) is 1. The summed E-state index contributed by atoms with van der Waals surface area (Å²) in [6, 6.07) is 13.0. The van der Waals surface area contributed by atoms with E-state index >= 15 is 0 Å². The van der Waals surface area contributed by atoms with Crippen molar-refractivity contribution in [3.63, 3.8) is 0 Å². The SMILES string of the molecule is C[C@H](OC(=O)Cc1ccc(F)cc1)C(=O)c1c[nH]c2ccccc12. The molecule has 4 nitrogen and oxygen atoms in total. The first-order chi connectivity index (χ1) is 11.5. The summed E-state index contributed by atoms with van der Waals surface area (Å²) in [7, 11) is 0. The first-order valence-electron chi connectivity index (χ1n) is 7.59. The fourth-order valence-corrected chi connectivity index (χ4v) is 2.56. The number of H-pyrrole nitrogens is 1. The highest BCUT2D eigenvalue weighted by atomic mass is 19.1. The molecule has 0 bridgehead atoms. The highest BCUT2D eigenvalue weighted by Gasteiger charge is 2.22. The first kappa shape index (κ1) is 15.9. The number of para-hydroxylation sites is 1. The van der Waals surface area contributed by atoms with Crippen molar-refractivity contribution in [1.29, 1.82) is 0 Å². The van der Waals surface area contributed by atoms with E-state index < -0.39 is 12.1 Å². The second kappa shape index (κ2) is 6.66. The summed E-state index contributed by atoms with van der Waals surface area (Å²) in [5.74, 6) is -1.16. The molecule has 1 heterocycles. The molecular formula is C19H16FNO3. The summed E-state index contributed by atoms with van der Waals surface area (Å²) in [5, 5.41) is 0.795. The lowest BCUT2D eigenvalue weighted by molar-refractivity contribution is -0.145. The van der Waals surface area contributed by atoms with Gasteiger partial charge in [-0.1, -0.05) is 30.3 Å². The molecule has 3 aromatic rings. The van der Waals surface area contributed by atoms with E-state index in [1.54, 1.807) is 13.1 Å². The number of fused-ring (bicyclic) bond motifs is 1. The fourth-order valence-electron chi connectivity index (χ4n) is 2.56. The number of ether oxygens (including phenoxy) is 1. The number of esters is 1. The number of carbonyl (C=O) groups excluding carboxylic acids is 2. The van der Waals surface area contributed by atoms with Gasteiger partial charge in [0, 0.05) is 22.7 Å². The maximum absolute atomic E-state index is 12.9. The van der Waals surface area contributed by atoms with Crippen molar-refractivity contribution < 1.29 is 18.7 Å². The second-order valence-corrected chi connectivity index (χ2v) is 5.55. The van der Waals surface area contributed by atoms with E-state index in [0.717, 1.165) is 10.9 Å². The number of hydrogen-bond donors (Lipinski definition) is 1. The largest absolute Gasteiger partial charge is 0.454 e. The Morgan fingerprint density at radius 2 is 1.83 bits per heavy atom. The molecule has 24 heavy (non-hydrogen) atoms. The molecule has 0 saturated carbocycles. The average Bonchev–Trinajstić information content (AvgIpc) is 3.00. The lowest BCUT2D eigenvalue weighted by Crippen LogP contribution is -2.25. The normalized spacial score (nSPS) is 12.1. The Morgan fingerprint density at radius 3 is 2.58 bits per heavy atom. The number of carbonyl (C=O) groups is 2. The van der Waals surface area contributed by atoms with Crippen LogP contribution in [0.15, 0.2) is 54.7 Å². The van der Waals surface area contributed by atoms with Crippen LogP contribution in [0.4, 0.5) is 4.39 Å². The van der Waals surface area contributed by atoms with Crippen LogP contribution in [0.2, 0.25) is 0 Å². The Morgan fingerprint density at radius 1 is 1.12 bits per heavy atom. The lowest BCUT2D eigenvalue weighted by atomic mass is 10.1. The molecule has 0 saturated heterocycles. The van der Waals surface area contributed by atoms with E-state index in [1.807, 2.05) is 24.3 Å². The number of nitrogens with one attached hydrogen (secondary N) is 1.